The van der Waals surface area contributed by atoms with Gasteiger partial charge in [-0.15, -0.1) is 0 Å². The van der Waals surface area contributed by atoms with Gasteiger partial charge in [-0.2, -0.15) is 14.9 Å². The third-order valence-corrected chi connectivity index (χ3v) is 7.50. The lowest BCUT2D eigenvalue weighted by Gasteiger charge is -2.33. The molecule has 224 valence electrons. The number of hydrogen-bond acceptors (Lipinski definition) is 7. The fraction of sp³-hybridized carbons (Fsp3) is 0.516. The van der Waals surface area contributed by atoms with Crippen molar-refractivity contribution in [2.24, 2.45) is 11.7 Å². The monoisotopic (exact) mass is 567 g/mol. The second kappa shape index (κ2) is 15.6. The number of aryl methyl sites for hydroxylation is 1. The Hall–Kier alpha value is -3.34. The summed E-state index contributed by atoms with van der Waals surface area (Å²) in [6.07, 6.45) is 7.97. The molecule has 4 N–H and O–H groups in total. The van der Waals surface area contributed by atoms with Crippen molar-refractivity contribution in [3.63, 3.8) is 0 Å². The Morgan fingerprint density at radius 2 is 1.83 bits per heavy atom. The Balaban J connectivity index is 0.000000394. The van der Waals surface area contributed by atoms with Gasteiger partial charge in [0.1, 0.15) is 11.6 Å². The molecular weight excluding hydrogens is 521 g/mol. The van der Waals surface area contributed by atoms with E-state index >= 15 is 0 Å². The van der Waals surface area contributed by atoms with Gasteiger partial charge in [0.25, 0.3) is 0 Å². The molecule has 0 aliphatic carbocycles. The lowest BCUT2D eigenvalue weighted by molar-refractivity contribution is 0.0133. The van der Waals surface area contributed by atoms with Gasteiger partial charge in [0.05, 0.1) is 31.2 Å². The predicted octanol–water partition coefficient (Wildman–Crippen LogP) is 5.50. The SMILES string of the molecule is CCCC(O)(CCC(C)CC)c1cc(N2CCOCC2)nc2c1cnn2-c1ccn[nH]1.CN.Cc1ccc(F)cc1. The molecule has 41 heavy (non-hydrogen) atoms. The highest BCUT2D eigenvalue weighted by molar-refractivity contribution is 5.83. The normalized spacial score (nSPS) is 15.4. The molecule has 3 aromatic heterocycles. The fourth-order valence-electron chi connectivity index (χ4n) is 4.90. The lowest BCUT2D eigenvalue weighted by Crippen LogP contribution is -2.37. The van der Waals surface area contributed by atoms with Gasteiger partial charge in [-0.1, -0.05) is 51.3 Å². The van der Waals surface area contributed by atoms with Crippen molar-refractivity contribution in [3.05, 3.63) is 65.7 Å². The number of H-pyrrole nitrogens is 1. The standard InChI is InChI=1S/C23H34N6O2.C7H7F.CH5N/c1-4-8-23(30,9-6-17(3)5-2)19-15-21(28-11-13-31-14-12-28)26-22-18(19)16-25-29(22)20-7-10-24-27-20;1-6-2-4-7(8)5-3-6;1-2/h7,10,15-17,30H,4-6,8-9,11-14H2,1-3H3,(H,24,27);2-5H,1H3;2H2,1H3. The Labute approximate surface area is 242 Å². The molecule has 2 atom stereocenters. The van der Waals surface area contributed by atoms with Crippen LogP contribution in [0.25, 0.3) is 16.9 Å². The Morgan fingerprint density at radius 3 is 2.41 bits per heavy atom. The van der Waals surface area contributed by atoms with Crippen LogP contribution in [-0.2, 0) is 10.3 Å². The maximum atomic E-state index is 12.1. The van der Waals surface area contributed by atoms with Crippen molar-refractivity contribution < 1.29 is 14.2 Å². The van der Waals surface area contributed by atoms with Crippen molar-refractivity contribution in [2.75, 3.05) is 38.3 Å². The van der Waals surface area contributed by atoms with Gasteiger partial charge in [0, 0.05) is 24.5 Å². The van der Waals surface area contributed by atoms with Crippen molar-refractivity contribution >= 4 is 16.9 Å². The highest BCUT2D eigenvalue weighted by atomic mass is 19.1. The summed E-state index contributed by atoms with van der Waals surface area (Å²) in [5.41, 5.74) is 6.34. The van der Waals surface area contributed by atoms with Crippen LogP contribution in [-0.4, -0.2) is 63.4 Å². The first kappa shape index (κ1) is 32.2. The number of pyridine rings is 1. The summed E-state index contributed by atoms with van der Waals surface area (Å²) in [4.78, 5) is 7.21. The van der Waals surface area contributed by atoms with E-state index < -0.39 is 5.60 Å². The topological polar surface area (TPSA) is 118 Å². The number of nitrogens with two attached hydrogens (primary N) is 1. The lowest BCUT2D eigenvalue weighted by atomic mass is 9.82. The number of nitrogens with one attached hydrogen (secondary N) is 1. The largest absolute Gasteiger partial charge is 0.385 e. The smallest absolute Gasteiger partial charge is 0.167 e. The average Bonchev–Trinajstić information content (AvgIpc) is 3.69. The van der Waals surface area contributed by atoms with Crippen LogP contribution in [0.5, 0.6) is 0 Å². The summed E-state index contributed by atoms with van der Waals surface area (Å²) in [6, 6.07) is 10.4. The van der Waals surface area contributed by atoms with Gasteiger partial charge in [-0.05, 0) is 62.9 Å². The van der Waals surface area contributed by atoms with Crippen LogP contribution >= 0.6 is 0 Å². The zero-order valence-corrected chi connectivity index (χ0v) is 25.1. The molecule has 1 fully saturated rings. The molecule has 2 unspecified atom stereocenters. The van der Waals surface area contributed by atoms with E-state index in [1.54, 1.807) is 23.0 Å². The minimum absolute atomic E-state index is 0.171. The first-order chi connectivity index (χ1) is 19.8. The van der Waals surface area contributed by atoms with Crippen LogP contribution in [0.15, 0.2) is 48.8 Å². The number of anilines is 1. The number of ether oxygens (including phenoxy) is 1. The number of nitrogens with zero attached hydrogens (tertiary/aromatic N) is 5. The minimum Gasteiger partial charge on any atom is -0.385 e. The van der Waals surface area contributed by atoms with Crippen LogP contribution in [0.4, 0.5) is 10.2 Å². The molecule has 1 aliphatic rings. The van der Waals surface area contributed by atoms with Crippen molar-refractivity contribution in [2.45, 2.75) is 65.4 Å². The zero-order valence-electron chi connectivity index (χ0n) is 25.1. The molecular formula is C31H46FN7O2. The number of aliphatic hydroxyl groups is 1. The summed E-state index contributed by atoms with van der Waals surface area (Å²) < 4.78 is 19.4. The molecule has 5 rings (SSSR count). The molecule has 0 spiro atoms. The second-order valence-electron chi connectivity index (χ2n) is 10.5. The number of morpholine rings is 1. The van der Waals surface area contributed by atoms with Crippen LogP contribution < -0.4 is 10.6 Å². The van der Waals surface area contributed by atoms with Crippen molar-refractivity contribution in [1.82, 2.24) is 25.0 Å². The quantitative estimate of drug-likeness (QED) is 0.244. The Bertz CT molecular complexity index is 1280. The zero-order chi connectivity index (χ0) is 29.8. The molecule has 4 heterocycles. The summed E-state index contributed by atoms with van der Waals surface area (Å²) in [5.74, 6) is 2.03. The van der Waals surface area contributed by atoms with Gasteiger partial charge in [-0.25, -0.2) is 9.37 Å². The summed E-state index contributed by atoms with van der Waals surface area (Å²) in [5, 5.41) is 24.5. The number of fused-ring (bicyclic) bond motifs is 1. The molecule has 10 heteroatoms. The van der Waals surface area contributed by atoms with E-state index in [4.69, 9.17) is 9.72 Å². The maximum Gasteiger partial charge on any atom is 0.167 e. The van der Waals surface area contributed by atoms with E-state index in [2.05, 4.69) is 52.8 Å². The molecule has 1 aromatic carbocycles. The third-order valence-electron chi connectivity index (χ3n) is 7.50. The van der Waals surface area contributed by atoms with Gasteiger partial charge in [0.2, 0.25) is 0 Å². The van der Waals surface area contributed by atoms with Crippen LogP contribution in [0.2, 0.25) is 0 Å². The number of aromatic amines is 1. The van der Waals surface area contributed by atoms with Crippen molar-refractivity contribution in [1.29, 1.82) is 0 Å². The average molecular weight is 568 g/mol. The number of aromatic nitrogens is 5. The first-order valence-corrected chi connectivity index (χ1v) is 14.6. The van der Waals surface area contributed by atoms with Crippen molar-refractivity contribution in [3.8, 4) is 5.82 Å². The van der Waals surface area contributed by atoms with E-state index in [1.165, 1.54) is 19.2 Å². The number of benzene rings is 1. The number of halogens is 1. The van der Waals surface area contributed by atoms with Gasteiger partial charge in [-0.3, -0.25) is 5.10 Å². The minimum atomic E-state index is -0.914. The molecule has 1 saturated heterocycles. The van der Waals surface area contributed by atoms with E-state index in [9.17, 15) is 9.50 Å². The maximum absolute atomic E-state index is 12.1. The fourth-order valence-corrected chi connectivity index (χ4v) is 4.90. The molecule has 0 saturated carbocycles. The highest BCUT2D eigenvalue weighted by Gasteiger charge is 2.33. The predicted molar refractivity (Wildman–Crippen MR) is 163 cm³/mol. The summed E-state index contributed by atoms with van der Waals surface area (Å²) in [6.45, 7) is 11.5. The molecule has 0 radical (unpaired) electrons. The van der Waals surface area contributed by atoms with Crippen LogP contribution in [0.3, 0.4) is 0 Å². The van der Waals surface area contributed by atoms with Gasteiger partial charge in [0.15, 0.2) is 11.5 Å². The van der Waals surface area contributed by atoms with E-state index in [0.29, 0.717) is 25.6 Å². The van der Waals surface area contributed by atoms with Gasteiger partial charge >= 0.3 is 0 Å². The molecule has 1 aliphatic heterocycles. The third kappa shape index (κ3) is 8.34. The van der Waals surface area contributed by atoms with Gasteiger partial charge < -0.3 is 20.5 Å². The summed E-state index contributed by atoms with van der Waals surface area (Å²) >= 11 is 0. The Morgan fingerprint density at radius 1 is 1.12 bits per heavy atom. The Kier molecular flexibility index (Phi) is 12.2. The van der Waals surface area contributed by atoms with E-state index in [-0.39, 0.29) is 5.82 Å². The number of hydrogen-bond donors (Lipinski definition) is 3. The summed E-state index contributed by atoms with van der Waals surface area (Å²) in [7, 11) is 1.50. The second-order valence-corrected chi connectivity index (χ2v) is 10.5. The van der Waals surface area contributed by atoms with E-state index in [0.717, 1.165) is 72.6 Å². The molecule has 9 nitrogen and oxygen atoms in total. The van der Waals surface area contributed by atoms with Crippen LogP contribution in [0, 0.1) is 18.7 Å². The van der Waals surface area contributed by atoms with E-state index in [1.807, 2.05) is 19.2 Å². The molecule has 0 amide bonds. The highest BCUT2D eigenvalue weighted by Crippen LogP contribution is 2.39. The van der Waals surface area contributed by atoms with Crippen LogP contribution in [0.1, 0.15) is 64.0 Å². The first-order valence-electron chi connectivity index (χ1n) is 14.6. The molecule has 4 aromatic rings. The molecule has 0 bridgehead atoms. The number of rotatable bonds is 9.